The van der Waals surface area contributed by atoms with Gasteiger partial charge in [0.1, 0.15) is 5.82 Å². The van der Waals surface area contributed by atoms with Crippen molar-refractivity contribution < 1.29 is 9.13 Å². The number of halogens is 1. The first kappa shape index (κ1) is 14.4. The van der Waals surface area contributed by atoms with Gasteiger partial charge in [-0.3, -0.25) is 4.90 Å². The zero-order valence-electron chi connectivity index (χ0n) is 11.7. The molecule has 19 heavy (non-hydrogen) atoms. The minimum absolute atomic E-state index is 0.00204. The van der Waals surface area contributed by atoms with Crippen molar-refractivity contribution in [2.45, 2.75) is 25.5 Å². The van der Waals surface area contributed by atoms with E-state index in [-0.39, 0.29) is 18.0 Å². The van der Waals surface area contributed by atoms with Crippen LogP contribution < -0.4 is 5.32 Å². The van der Waals surface area contributed by atoms with Crippen LogP contribution in [0.1, 0.15) is 24.9 Å². The van der Waals surface area contributed by atoms with Crippen LogP contribution >= 0.6 is 0 Å². The molecule has 0 saturated carbocycles. The summed E-state index contributed by atoms with van der Waals surface area (Å²) in [6.45, 7) is 5.45. The molecule has 1 aromatic rings. The Morgan fingerprint density at radius 2 is 2.21 bits per heavy atom. The van der Waals surface area contributed by atoms with Crippen molar-refractivity contribution in [1.82, 2.24) is 10.2 Å². The number of hydrogen-bond donors (Lipinski definition) is 1. The van der Waals surface area contributed by atoms with E-state index in [1.54, 1.807) is 6.07 Å². The van der Waals surface area contributed by atoms with E-state index in [1.807, 2.05) is 19.2 Å². The van der Waals surface area contributed by atoms with Gasteiger partial charge in [-0.15, -0.1) is 0 Å². The van der Waals surface area contributed by atoms with Crippen molar-refractivity contribution in [3.8, 4) is 0 Å². The van der Waals surface area contributed by atoms with Gasteiger partial charge in [-0.1, -0.05) is 25.1 Å². The summed E-state index contributed by atoms with van der Waals surface area (Å²) in [5, 5.41) is 3.15. The van der Waals surface area contributed by atoms with Crippen LogP contribution in [0.25, 0.3) is 0 Å². The highest BCUT2D eigenvalue weighted by molar-refractivity contribution is 5.23. The maximum Gasteiger partial charge on any atom is 0.128 e. The van der Waals surface area contributed by atoms with Crippen molar-refractivity contribution in [1.29, 1.82) is 0 Å². The second-order valence-corrected chi connectivity index (χ2v) is 4.97. The van der Waals surface area contributed by atoms with Gasteiger partial charge in [-0.25, -0.2) is 4.39 Å². The van der Waals surface area contributed by atoms with Crippen molar-refractivity contribution in [2.75, 3.05) is 33.3 Å². The Bertz CT molecular complexity index is 381. The summed E-state index contributed by atoms with van der Waals surface area (Å²) in [6, 6.07) is 7.04. The molecule has 1 saturated heterocycles. The summed E-state index contributed by atoms with van der Waals surface area (Å²) in [5.74, 6) is -0.139. The molecule has 2 unspecified atom stereocenters. The predicted octanol–water partition coefficient (Wildman–Crippen LogP) is 2.20. The van der Waals surface area contributed by atoms with E-state index in [2.05, 4.69) is 17.1 Å². The average molecular weight is 266 g/mol. The quantitative estimate of drug-likeness (QED) is 0.884. The lowest BCUT2D eigenvalue weighted by molar-refractivity contribution is -0.0714. The predicted molar refractivity (Wildman–Crippen MR) is 74.7 cm³/mol. The molecular formula is C15H23FN2O. The molecule has 0 radical (unpaired) electrons. The molecule has 1 N–H and O–H groups in total. The van der Waals surface area contributed by atoms with Crippen LogP contribution in [0.2, 0.25) is 0 Å². The van der Waals surface area contributed by atoms with Crippen LogP contribution in [0, 0.1) is 5.82 Å². The number of benzene rings is 1. The van der Waals surface area contributed by atoms with E-state index in [1.165, 1.54) is 6.07 Å². The lowest BCUT2D eigenvalue weighted by Crippen LogP contribution is -2.49. The van der Waals surface area contributed by atoms with Crippen LogP contribution in [0.5, 0.6) is 0 Å². The van der Waals surface area contributed by atoms with Gasteiger partial charge in [0.15, 0.2) is 0 Å². The fourth-order valence-electron chi connectivity index (χ4n) is 2.81. The van der Waals surface area contributed by atoms with Gasteiger partial charge in [0.2, 0.25) is 0 Å². The molecule has 1 aliphatic rings. The third kappa shape index (κ3) is 3.32. The Hall–Kier alpha value is -0.970. The Morgan fingerprint density at radius 3 is 2.89 bits per heavy atom. The minimum atomic E-state index is -0.139. The number of ether oxygens (including phenoxy) is 1. The van der Waals surface area contributed by atoms with Crippen LogP contribution in [0.4, 0.5) is 4.39 Å². The molecular weight excluding hydrogens is 243 g/mol. The molecule has 0 aliphatic carbocycles. The standard InChI is InChI=1S/C15H23FN2O/c1-3-8-18-9-10-19-14(11-17-2)15(18)12-6-4-5-7-13(12)16/h4-7,14-15,17H,3,8-11H2,1-2H3. The van der Waals surface area contributed by atoms with Crippen LogP contribution in [0.3, 0.4) is 0 Å². The monoisotopic (exact) mass is 266 g/mol. The normalized spacial score (nSPS) is 24.6. The van der Waals surface area contributed by atoms with Gasteiger partial charge in [-0.05, 0) is 26.1 Å². The van der Waals surface area contributed by atoms with Crippen LogP contribution in [-0.4, -0.2) is 44.3 Å². The van der Waals surface area contributed by atoms with Gasteiger partial charge in [-0.2, -0.15) is 0 Å². The molecule has 1 fully saturated rings. The third-order valence-corrected chi connectivity index (χ3v) is 3.60. The van der Waals surface area contributed by atoms with Gasteiger partial charge < -0.3 is 10.1 Å². The molecule has 3 nitrogen and oxygen atoms in total. The number of rotatable bonds is 5. The summed E-state index contributed by atoms with van der Waals surface area (Å²) in [5.41, 5.74) is 0.746. The number of nitrogens with one attached hydrogen (secondary N) is 1. The molecule has 0 aromatic heterocycles. The number of nitrogens with zero attached hydrogens (tertiary/aromatic N) is 1. The number of morpholine rings is 1. The zero-order valence-corrected chi connectivity index (χ0v) is 11.7. The smallest absolute Gasteiger partial charge is 0.128 e. The van der Waals surface area contributed by atoms with Crippen molar-refractivity contribution in [3.05, 3.63) is 35.6 Å². The maximum atomic E-state index is 14.1. The van der Waals surface area contributed by atoms with Gasteiger partial charge in [0.25, 0.3) is 0 Å². The molecule has 0 bridgehead atoms. The fraction of sp³-hybridized carbons (Fsp3) is 0.600. The zero-order chi connectivity index (χ0) is 13.7. The second-order valence-electron chi connectivity index (χ2n) is 4.97. The fourth-order valence-corrected chi connectivity index (χ4v) is 2.81. The molecule has 0 spiro atoms. The maximum absolute atomic E-state index is 14.1. The van der Waals surface area contributed by atoms with Crippen molar-refractivity contribution in [3.63, 3.8) is 0 Å². The minimum Gasteiger partial charge on any atom is -0.374 e. The van der Waals surface area contributed by atoms with E-state index >= 15 is 0 Å². The first-order valence-electron chi connectivity index (χ1n) is 7.02. The highest BCUT2D eigenvalue weighted by atomic mass is 19.1. The van der Waals surface area contributed by atoms with Crippen molar-refractivity contribution in [2.24, 2.45) is 0 Å². The van der Waals surface area contributed by atoms with Crippen LogP contribution in [-0.2, 0) is 4.74 Å². The molecule has 4 heteroatoms. The second kappa shape index (κ2) is 6.98. The number of likely N-dealkylation sites (N-methyl/N-ethyl adjacent to an activating group) is 1. The van der Waals surface area contributed by atoms with Gasteiger partial charge in [0.05, 0.1) is 18.8 Å². The van der Waals surface area contributed by atoms with Crippen molar-refractivity contribution >= 4 is 0 Å². The molecule has 1 aliphatic heterocycles. The van der Waals surface area contributed by atoms with E-state index in [4.69, 9.17) is 4.74 Å². The van der Waals surface area contributed by atoms with Crippen LogP contribution in [0.15, 0.2) is 24.3 Å². The number of hydrogen-bond acceptors (Lipinski definition) is 3. The first-order valence-corrected chi connectivity index (χ1v) is 7.02. The highest BCUT2D eigenvalue weighted by Gasteiger charge is 2.34. The highest BCUT2D eigenvalue weighted by Crippen LogP contribution is 2.31. The Balaban J connectivity index is 2.29. The summed E-state index contributed by atoms with van der Waals surface area (Å²) in [6.07, 6.45) is 1.07. The lowest BCUT2D eigenvalue weighted by Gasteiger charge is -2.41. The Kier molecular flexibility index (Phi) is 5.31. The van der Waals surface area contributed by atoms with Gasteiger partial charge in [0, 0.05) is 18.7 Å². The topological polar surface area (TPSA) is 24.5 Å². The molecule has 2 atom stereocenters. The first-order chi connectivity index (χ1) is 9.27. The summed E-state index contributed by atoms with van der Waals surface area (Å²) in [7, 11) is 1.90. The van der Waals surface area contributed by atoms with E-state index < -0.39 is 0 Å². The molecule has 1 heterocycles. The summed E-state index contributed by atoms with van der Waals surface area (Å²) >= 11 is 0. The average Bonchev–Trinajstić information content (AvgIpc) is 2.41. The largest absolute Gasteiger partial charge is 0.374 e. The molecule has 2 rings (SSSR count). The van der Waals surface area contributed by atoms with Gasteiger partial charge >= 0.3 is 0 Å². The summed E-state index contributed by atoms with van der Waals surface area (Å²) in [4.78, 5) is 2.34. The van der Waals surface area contributed by atoms with E-state index in [0.29, 0.717) is 0 Å². The SMILES string of the molecule is CCCN1CCOC(CNC)C1c1ccccc1F. The van der Waals surface area contributed by atoms with E-state index in [9.17, 15) is 4.39 Å². The Labute approximate surface area is 114 Å². The Morgan fingerprint density at radius 1 is 1.42 bits per heavy atom. The lowest BCUT2D eigenvalue weighted by atomic mass is 9.97. The third-order valence-electron chi connectivity index (χ3n) is 3.60. The molecule has 106 valence electrons. The summed E-state index contributed by atoms with van der Waals surface area (Å²) < 4.78 is 19.9. The molecule has 1 aromatic carbocycles. The molecule has 0 amide bonds. The van der Waals surface area contributed by atoms with E-state index in [0.717, 1.165) is 38.2 Å².